The molecule has 3 aromatic heterocycles. The SMILES string of the molecule is NC(=O)N1CCC(n2cc(-c3cnc(N)c(-c4cc5c(Cl)ccc(F)c5cn4)c3)cn2)CC1. The highest BCUT2D eigenvalue weighted by molar-refractivity contribution is 6.35. The quantitative estimate of drug-likeness (QED) is 0.469. The van der Waals surface area contributed by atoms with E-state index in [4.69, 9.17) is 23.1 Å². The first-order chi connectivity index (χ1) is 15.9. The van der Waals surface area contributed by atoms with Crippen molar-refractivity contribution in [3.63, 3.8) is 0 Å². The third-order valence-electron chi connectivity index (χ3n) is 6.07. The summed E-state index contributed by atoms with van der Waals surface area (Å²) in [4.78, 5) is 21.7. The van der Waals surface area contributed by atoms with Crippen molar-refractivity contribution in [3.8, 4) is 22.4 Å². The summed E-state index contributed by atoms with van der Waals surface area (Å²) in [5.74, 6) is -0.0771. The number of benzene rings is 1. The Morgan fingerprint density at radius 2 is 1.85 bits per heavy atom. The molecule has 4 N–H and O–H groups in total. The van der Waals surface area contributed by atoms with E-state index in [9.17, 15) is 9.18 Å². The third kappa shape index (κ3) is 3.95. The van der Waals surface area contributed by atoms with Crippen molar-refractivity contribution in [2.75, 3.05) is 18.8 Å². The molecule has 168 valence electrons. The first-order valence-electron chi connectivity index (χ1n) is 10.5. The molecule has 1 aliphatic heterocycles. The minimum atomic E-state index is -0.388. The summed E-state index contributed by atoms with van der Waals surface area (Å²) in [5, 5.41) is 5.86. The zero-order chi connectivity index (χ0) is 23.1. The number of primary amides is 1. The Kier molecular flexibility index (Phi) is 5.33. The van der Waals surface area contributed by atoms with Crippen LogP contribution in [0.2, 0.25) is 5.02 Å². The summed E-state index contributed by atoms with van der Waals surface area (Å²) in [7, 11) is 0. The lowest BCUT2D eigenvalue weighted by atomic mass is 10.0. The first-order valence-corrected chi connectivity index (χ1v) is 10.9. The highest BCUT2D eigenvalue weighted by Gasteiger charge is 2.23. The van der Waals surface area contributed by atoms with Gasteiger partial charge in [-0.05, 0) is 37.1 Å². The summed E-state index contributed by atoms with van der Waals surface area (Å²) in [6.07, 6.45) is 8.44. The van der Waals surface area contributed by atoms with Crippen LogP contribution in [0.25, 0.3) is 33.2 Å². The number of nitrogens with two attached hydrogens (primary N) is 2. The zero-order valence-electron chi connectivity index (χ0n) is 17.6. The maximum absolute atomic E-state index is 14.1. The molecule has 4 heterocycles. The van der Waals surface area contributed by atoms with Crippen molar-refractivity contribution in [2.24, 2.45) is 5.73 Å². The molecule has 1 saturated heterocycles. The minimum absolute atomic E-state index is 0.190. The summed E-state index contributed by atoms with van der Waals surface area (Å²) >= 11 is 6.28. The number of carbonyl (C=O) groups excluding carboxylic acids is 1. The van der Waals surface area contributed by atoms with E-state index in [1.165, 1.54) is 18.3 Å². The second-order valence-corrected chi connectivity index (χ2v) is 8.47. The lowest BCUT2D eigenvalue weighted by molar-refractivity contribution is 0.177. The van der Waals surface area contributed by atoms with Gasteiger partial charge >= 0.3 is 6.03 Å². The average molecular weight is 466 g/mol. The number of nitrogen functional groups attached to an aromatic ring is 1. The number of piperidine rings is 1. The van der Waals surface area contributed by atoms with Crippen LogP contribution >= 0.6 is 11.6 Å². The maximum atomic E-state index is 14.1. The van der Waals surface area contributed by atoms with Crippen LogP contribution in [0.1, 0.15) is 18.9 Å². The van der Waals surface area contributed by atoms with Gasteiger partial charge in [-0.15, -0.1) is 0 Å². The molecular formula is C23H21ClFN7O. The van der Waals surface area contributed by atoms with Gasteiger partial charge in [0.05, 0.1) is 17.9 Å². The largest absolute Gasteiger partial charge is 0.383 e. The van der Waals surface area contributed by atoms with E-state index in [0.29, 0.717) is 46.0 Å². The lowest BCUT2D eigenvalue weighted by Gasteiger charge is -2.30. The van der Waals surface area contributed by atoms with Gasteiger partial charge in [-0.1, -0.05) is 11.6 Å². The van der Waals surface area contributed by atoms with Crippen molar-refractivity contribution in [1.29, 1.82) is 0 Å². The van der Waals surface area contributed by atoms with Crippen molar-refractivity contribution < 1.29 is 9.18 Å². The van der Waals surface area contributed by atoms with E-state index in [1.807, 2.05) is 16.9 Å². The number of hydrogen-bond acceptors (Lipinski definition) is 5. The number of rotatable bonds is 3. The third-order valence-corrected chi connectivity index (χ3v) is 6.40. The molecule has 33 heavy (non-hydrogen) atoms. The molecule has 1 fully saturated rings. The Morgan fingerprint density at radius 3 is 2.61 bits per heavy atom. The van der Waals surface area contributed by atoms with Crippen molar-refractivity contribution in [2.45, 2.75) is 18.9 Å². The predicted octanol–water partition coefficient (Wildman–Crippen LogP) is 4.25. The van der Waals surface area contributed by atoms with E-state index in [2.05, 4.69) is 15.1 Å². The van der Waals surface area contributed by atoms with Crippen LogP contribution in [-0.4, -0.2) is 43.8 Å². The topological polar surface area (TPSA) is 116 Å². The number of urea groups is 1. The molecule has 10 heteroatoms. The number of carbonyl (C=O) groups is 1. The summed E-state index contributed by atoms with van der Waals surface area (Å²) in [6.45, 7) is 1.22. The van der Waals surface area contributed by atoms with Gasteiger partial charge in [0, 0.05) is 64.2 Å². The number of hydrogen-bond donors (Lipinski definition) is 2. The average Bonchev–Trinajstić information content (AvgIpc) is 3.32. The molecule has 0 spiro atoms. The number of anilines is 1. The molecule has 1 aliphatic rings. The van der Waals surface area contributed by atoms with Crippen LogP contribution in [0.5, 0.6) is 0 Å². The fourth-order valence-corrected chi connectivity index (χ4v) is 4.41. The fourth-order valence-electron chi connectivity index (χ4n) is 4.19. The van der Waals surface area contributed by atoms with Gasteiger partial charge in [0.25, 0.3) is 0 Å². The first kappa shape index (κ1) is 21.1. The van der Waals surface area contributed by atoms with Crippen LogP contribution in [0.4, 0.5) is 15.0 Å². The summed E-state index contributed by atoms with van der Waals surface area (Å²) in [5.41, 5.74) is 14.4. The van der Waals surface area contributed by atoms with Gasteiger partial charge < -0.3 is 16.4 Å². The van der Waals surface area contributed by atoms with Crippen molar-refractivity contribution in [1.82, 2.24) is 24.6 Å². The molecule has 0 unspecified atom stereocenters. The highest BCUT2D eigenvalue weighted by atomic mass is 35.5. The molecule has 0 saturated carbocycles. The molecule has 0 bridgehead atoms. The highest BCUT2D eigenvalue weighted by Crippen LogP contribution is 2.33. The standard InChI is InChI=1S/C23H21ClFN7O/c24-19-1-2-20(25)18-11-28-21(8-16(18)19)17-7-13(9-29-22(17)26)14-10-30-32(12-14)15-3-5-31(6-4-15)23(27)33/h1-2,7-12,15H,3-6H2,(H2,26,29)(H2,27,33). The van der Waals surface area contributed by atoms with Gasteiger partial charge in [0.15, 0.2) is 0 Å². The van der Waals surface area contributed by atoms with E-state index in [0.717, 1.165) is 24.0 Å². The Labute approximate surface area is 194 Å². The predicted molar refractivity (Wildman–Crippen MR) is 125 cm³/mol. The van der Waals surface area contributed by atoms with Gasteiger partial charge in [-0.25, -0.2) is 14.2 Å². The monoisotopic (exact) mass is 465 g/mol. The maximum Gasteiger partial charge on any atom is 0.314 e. The minimum Gasteiger partial charge on any atom is -0.383 e. The number of likely N-dealkylation sites (tertiary alicyclic amines) is 1. The molecular weight excluding hydrogens is 445 g/mol. The van der Waals surface area contributed by atoms with Crippen molar-refractivity contribution in [3.05, 3.63) is 59.9 Å². The van der Waals surface area contributed by atoms with E-state index in [-0.39, 0.29) is 17.9 Å². The molecule has 0 atom stereocenters. The molecule has 8 nitrogen and oxygen atoms in total. The number of pyridine rings is 2. The molecule has 5 rings (SSSR count). The molecule has 2 amide bonds. The molecule has 0 radical (unpaired) electrons. The van der Waals surface area contributed by atoms with Gasteiger partial charge in [0.2, 0.25) is 0 Å². The van der Waals surface area contributed by atoms with E-state index in [1.54, 1.807) is 23.4 Å². The summed E-state index contributed by atoms with van der Waals surface area (Å²) < 4.78 is 16.0. The number of nitrogens with zero attached hydrogens (tertiary/aromatic N) is 5. The van der Waals surface area contributed by atoms with Gasteiger partial charge in [-0.2, -0.15) is 5.10 Å². The normalized spacial score (nSPS) is 14.7. The van der Waals surface area contributed by atoms with Crippen LogP contribution in [0, 0.1) is 5.82 Å². The van der Waals surface area contributed by atoms with Crippen LogP contribution in [-0.2, 0) is 0 Å². The molecule has 0 aliphatic carbocycles. The number of amides is 2. The Morgan fingerprint density at radius 1 is 1.06 bits per heavy atom. The second kappa shape index (κ2) is 8.32. The van der Waals surface area contributed by atoms with Crippen molar-refractivity contribution >= 4 is 34.2 Å². The number of aromatic nitrogens is 4. The fraction of sp³-hybridized carbons (Fsp3) is 0.217. The van der Waals surface area contributed by atoms with Crippen LogP contribution in [0.3, 0.4) is 0 Å². The van der Waals surface area contributed by atoms with Gasteiger partial charge in [0.1, 0.15) is 11.6 Å². The summed E-state index contributed by atoms with van der Waals surface area (Å²) in [6, 6.07) is 6.24. The lowest BCUT2D eigenvalue weighted by Crippen LogP contribution is -2.42. The zero-order valence-corrected chi connectivity index (χ0v) is 18.3. The van der Waals surface area contributed by atoms with E-state index >= 15 is 0 Å². The smallest absolute Gasteiger partial charge is 0.314 e. The number of fused-ring (bicyclic) bond motifs is 1. The molecule has 1 aromatic carbocycles. The molecule has 4 aromatic rings. The van der Waals surface area contributed by atoms with Crippen LogP contribution < -0.4 is 11.5 Å². The Balaban J connectivity index is 1.45. The van der Waals surface area contributed by atoms with E-state index < -0.39 is 0 Å². The van der Waals surface area contributed by atoms with Crippen LogP contribution in [0.15, 0.2) is 49.1 Å². The van der Waals surface area contributed by atoms with Gasteiger partial charge in [-0.3, -0.25) is 9.67 Å². The second-order valence-electron chi connectivity index (χ2n) is 8.07. The number of halogens is 2. The Bertz CT molecular complexity index is 1360. The Hall–Kier alpha value is -3.72.